The van der Waals surface area contributed by atoms with E-state index in [1.54, 1.807) is 13.2 Å². The molecule has 2 aromatic carbocycles. The van der Waals surface area contributed by atoms with Gasteiger partial charge in [-0.3, -0.25) is 9.78 Å². The van der Waals surface area contributed by atoms with Gasteiger partial charge in [-0.25, -0.2) is 0 Å². The van der Waals surface area contributed by atoms with Crippen molar-refractivity contribution in [1.82, 2.24) is 15.2 Å². The van der Waals surface area contributed by atoms with E-state index in [-0.39, 0.29) is 11.9 Å². The summed E-state index contributed by atoms with van der Waals surface area (Å²) in [5.41, 5.74) is 3.33. The Morgan fingerprint density at radius 2 is 1.95 bits per heavy atom. The lowest BCUT2D eigenvalue weighted by Crippen LogP contribution is -2.54. The number of nitriles is 1. The lowest BCUT2D eigenvalue weighted by Gasteiger charge is -2.42. The number of amides is 1. The highest BCUT2D eigenvalue weighted by Gasteiger charge is 2.44. The van der Waals surface area contributed by atoms with Gasteiger partial charge in [0.15, 0.2) is 0 Å². The summed E-state index contributed by atoms with van der Waals surface area (Å²) in [6.07, 6.45) is 4.03. The van der Waals surface area contributed by atoms with Crippen molar-refractivity contribution in [1.29, 1.82) is 5.26 Å². The summed E-state index contributed by atoms with van der Waals surface area (Å²) in [6, 6.07) is 19.6. The van der Waals surface area contributed by atoms with Crippen molar-refractivity contribution in [3.05, 3.63) is 76.9 Å². The third kappa shape index (κ3) is 5.07. The van der Waals surface area contributed by atoms with Crippen molar-refractivity contribution in [2.45, 2.75) is 30.7 Å². The molecule has 0 radical (unpaired) electrons. The van der Waals surface area contributed by atoms with Gasteiger partial charge in [-0.2, -0.15) is 5.26 Å². The Kier molecular flexibility index (Phi) is 7.55. The molecule has 38 heavy (non-hydrogen) atoms. The zero-order chi connectivity index (χ0) is 26.7. The molecule has 196 valence electrons. The monoisotopic (exact) mass is 529 g/mol. The van der Waals surface area contributed by atoms with Crippen LogP contribution in [0.2, 0.25) is 5.02 Å². The number of methoxy groups -OCH3 is 1. The van der Waals surface area contributed by atoms with Crippen molar-refractivity contribution in [3.63, 3.8) is 0 Å². The maximum Gasteiger partial charge on any atom is 0.231 e. The standard InChI is InChI=1S/C30H32ClN5O2/c1-35-14-11-24(20-35)34-29(37)30(12-15-36(16-13-30)27-10-8-23(31)17-21(27)18-32)22-7-9-26(33-19-22)25-5-3-4-6-28(25)38-2/h3-10,17,19,24H,11-16,20H2,1-2H3,(H,34,37)/t24-/m0/s1. The van der Waals surface area contributed by atoms with E-state index in [0.717, 1.165) is 47.8 Å². The molecule has 5 rings (SSSR count). The van der Waals surface area contributed by atoms with Crippen LogP contribution in [0.5, 0.6) is 5.75 Å². The second-order valence-electron chi connectivity index (χ2n) is 10.2. The van der Waals surface area contributed by atoms with Crippen molar-refractivity contribution in [2.75, 3.05) is 45.2 Å². The minimum atomic E-state index is -0.705. The highest BCUT2D eigenvalue weighted by atomic mass is 35.5. The van der Waals surface area contributed by atoms with Crippen molar-refractivity contribution in [3.8, 4) is 23.1 Å². The van der Waals surface area contributed by atoms with E-state index in [1.165, 1.54) is 0 Å². The van der Waals surface area contributed by atoms with Gasteiger partial charge >= 0.3 is 0 Å². The van der Waals surface area contributed by atoms with E-state index in [1.807, 2.05) is 54.7 Å². The number of likely N-dealkylation sites (tertiary alicyclic amines) is 1. The number of likely N-dealkylation sites (N-methyl/N-ethyl adjacent to an activating group) is 1. The van der Waals surface area contributed by atoms with E-state index in [9.17, 15) is 10.1 Å². The molecule has 0 spiro atoms. The zero-order valence-corrected chi connectivity index (χ0v) is 22.5. The van der Waals surface area contributed by atoms with E-state index in [2.05, 4.69) is 28.2 Å². The average Bonchev–Trinajstić information content (AvgIpc) is 3.37. The summed E-state index contributed by atoms with van der Waals surface area (Å²) in [5.74, 6) is 0.816. The highest BCUT2D eigenvalue weighted by molar-refractivity contribution is 6.30. The number of hydrogen-bond acceptors (Lipinski definition) is 6. The van der Waals surface area contributed by atoms with Crippen LogP contribution in [0.15, 0.2) is 60.8 Å². The van der Waals surface area contributed by atoms with Crippen LogP contribution < -0.4 is 15.0 Å². The molecule has 1 N–H and O–H groups in total. The maximum absolute atomic E-state index is 14.0. The fraction of sp³-hybridized carbons (Fsp3) is 0.367. The third-order valence-corrected chi connectivity index (χ3v) is 8.13. The summed E-state index contributed by atoms with van der Waals surface area (Å²) in [5, 5.41) is 13.6. The number of carbonyl (C=O) groups is 1. The Morgan fingerprint density at radius 1 is 1.16 bits per heavy atom. The molecule has 2 saturated heterocycles. The number of piperidine rings is 1. The number of carbonyl (C=O) groups excluding carboxylic acids is 1. The molecule has 2 aliphatic rings. The molecule has 1 amide bonds. The molecule has 1 aromatic heterocycles. The van der Waals surface area contributed by atoms with Crippen molar-refractivity contribution in [2.24, 2.45) is 0 Å². The van der Waals surface area contributed by atoms with Gasteiger partial charge in [0.2, 0.25) is 5.91 Å². The number of benzene rings is 2. The highest BCUT2D eigenvalue weighted by Crippen LogP contribution is 2.39. The topological polar surface area (TPSA) is 81.5 Å². The molecule has 3 heterocycles. The molecule has 2 fully saturated rings. The number of ether oxygens (including phenoxy) is 1. The number of nitrogens with one attached hydrogen (secondary N) is 1. The first-order valence-electron chi connectivity index (χ1n) is 13.0. The lowest BCUT2D eigenvalue weighted by molar-refractivity contribution is -0.128. The first kappa shape index (κ1) is 26.0. The summed E-state index contributed by atoms with van der Waals surface area (Å²) in [7, 11) is 3.74. The summed E-state index contributed by atoms with van der Waals surface area (Å²) >= 11 is 6.13. The number of halogens is 1. The first-order chi connectivity index (χ1) is 18.4. The number of hydrogen-bond donors (Lipinski definition) is 1. The van der Waals surface area contributed by atoms with Crippen LogP contribution in [0.4, 0.5) is 5.69 Å². The number of rotatable bonds is 6. The van der Waals surface area contributed by atoms with Crippen LogP contribution in [-0.4, -0.2) is 62.2 Å². The molecular weight excluding hydrogens is 498 g/mol. The Hall–Kier alpha value is -3.60. The second kappa shape index (κ2) is 11.0. The quantitative estimate of drug-likeness (QED) is 0.501. The number of nitrogens with zero attached hydrogens (tertiary/aromatic N) is 4. The molecule has 0 bridgehead atoms. The molecule has 0 aliphatic carbocycles. The van der Waals surface area contributed by atoms with Gasteiger partial charge in [0.1, 0.15) is 11.8 Å². The Bertz CT molecular complexity index is 1350. The van der Waals surface area contributed by atoms with Crippen LogP contribution in [0.3, 0.4) is 0 Å². The molecule has 2 aliphatic heterocycles. The molecule has 0 unspecified atom stereocenters. The first-order valence-corrected chi connectivity index (χ1v) is 13.4. The van der Waals surface area contributed by atoms with Gasteiger partial charge in [-0.15, -0.1) is 0 Å². The minimum absolute atomic E-state index is 0.0564. The smallest absolute Gasteiger partial charge is 0.231 e. The number of pyridine rings is 1. The fourth-order valence-electron chi connectivity index (χ4n) is 5.72. The van der Waals surface area contributed by atoms with Gasteiger partial charge < -0.3 is 19.9 Å². The van der Waals surface area contributed by atoms with Gasteiger partial charge in [0.05, 0.1) is 29.5 Å². The normalized spacial score (nSPS) is 19.1. The molecular formula is C30H32ClN5O2. The van der Waals surface area contributed by atoms with Crippen molar-refractivity contribution >= 4 is 23.2 Å². The lowest BCUT2D eigenvalue weighted by atomic mass is 9.72. The predicted molar refractivity (Wildman–Crippen MR) is 150 cm³/mol. The van der Waals surface area contributed by atoms with Gasteiger partial charge in [-0.05, 0) is 74.8 Å². The van der Waals surface area contributed by atoms with E-state index < -0.39 is 5.41 Å². The number of aromatic nitrogens is 1. The maximum atomic E-state index is 14.0. The molecule has 0 saturated carbocycles. The Labute approximate surface area is 229 Å². The van der Waals surface area contributed by atoms with E-state index in [4.69, 9.17) is 21.3 Å². The Balaban J connectivity index is 1.44. The third-order valence-electron chi connectivity index (χ3n) is 7.90. The average molecular weight is 530 g/mol. The molecule has 1 atom stereocenters. The van der Waals surface area contributed by atoms with E-state index in [0.29, 0.717) is 36.5 Å². The molecule has 3 aromatic rings. The van der Waals surface area contributed by atoms with Crippen LogP contribution in [0, 0.1) is 11.3 Å². The van der Waals surface area contributed by atoms with Crippen molar-refractivity contribution < 1.29 is 9.53 Å². The van der Waals surface area contributed by atoms with E-state index >= 15 is 0 Å². The Morgan fingerprint density at radius 3 is 2.61 bits per heavy atom. The van der Waals surface area contributed by atoms with Gasteiger partial charge in [0.25, 0.3) is 0 Å². The van der Waals surface area contributed by atoms with Crippen LogP contribution in [-0.2, 0) is 10.2 Å². The van der Waals surface area contributed by atoms with Crippen LogP contribution in [0.1, 0.15) is 30.4 Å². The zero-order valence-electron chi connectivity index (χ0n) is 21.8. The largest absolute Gasteiger partial charge is 0.496 e. The SMILES string of the molecule is COc1ccccc1-c1ccc(C2(C(=O)N[C@H]3CCN(C)C3)CCN(c3ccc(Cl)cc3C#N)CC2)cn1. The summed E-state index contributed by atoms with van der Waals surface area (Å²) in [6.45, 7) is 3.12. The van der Waals surface area contributed by atoms with Gasteiger partial charge in [0, 0.05) is 42.5 Å². The molecule has 7 nitrogen and oxygen atoms in total. The fourth-order valence-corrected chi connectivity index (χ4v) is 5.89. The summed E-state index contributed by atoms with van der Waals surface area (Å²) < 4.78 is 5.52. The second-order valence-corrected chi connectivity index (χ2v) is 10.6. The number of para-hydroxylation sites is 1. The molecule has 8 heteroatoms. The number of anilines is 1. The van der Waals surface area contributed by atoms with Gasteiger partial charge in [-0.1, -0.05) is 29.8 Å². The predicted octanol–water partition coefficient (Wildman–Crippen LogP) is 4.64. The summed E-state index contributed by atoms with van der Waals surface area (Å²) in [4.78, 5) is 23.2. The minimum Gasteiger partial charge on any atom is -0.496 e. The van der Waals surface area contributed by atoms with Crippen LogP contribution >= 0.6 is 11.6 Å². The van der Waals surface area contributed by atoms with Crippen LogP contribution in [0.25, 0.3) is 11.3 Å².